The normalized spacial score (nSPS) is 16.5. The SMILES string of the molecule is CC(C)CC(N)C(O)CCS(=O)(=O)C(O)Cc1ccccc1. The van der Waals surface area contributed by atoms with E-state index in [4.69, 9.17) is 5.73 Å². The Bertz CT molecular complexity index is 530. The molecule has 0 aliphatic rings. The van der Waals surface area contributed by atoms with Crippen molar-refractivity contribution in [1.82, 2.24) is 0 Å². The predicted octanol–water partition coefficient (Wildman–Crippen LogP) is 1.09. The molecule has 3 atom stereocenters. The Balaban J connectivity index is 2.52. The minimum atomic E-state index is -3.68. The molecular weight excluding hydrogens is 302 g/mol. The second-order valence-corrected chi connectivity index (χ2v) is 8.44. The summed E-state index contributed by atoms with van der Waals surface area (Å²) in [5, 5.41) is 19.9. The lowest BCUT2D eigenvalue weighted by atomic mass is 9.99. The second-order valence-electron chi connectivity index (χ2n) is 6.16. The van der Waals surface area contributed by atoms with Gasteiger partial charge < -0.3 is 15.9 Å². The van der Waals surface area contributed by atoms with Gasteiger partial charge in [0, 0.05) is 12.5 Å². The van der Waals surface area contributed by atoms with Crippen LogP contribution in [0.5, 0.6) is 0 Å². The van der Waals surface area contributed by atoms with Crippen LogP contribution in [0.1, 0.15) is 32.3 Å². The highest BCUT2D eigenvalue weighted by molar-refractivity contribution is 7.91. The van der Waals surface area contributed by atoms with E-state index in [1.54, 1.807) is 24.3 Å². The molecule has 0 heterocycles. The first kappa shape index (κ1) is 19.1. The number of benzene rings is 1. The average Bonchev–Trinajstić information content (AvgIpc) is 2.45. The number of rotatable bonds is 9. The lowest BCUT2D eigenvalue weighted by Crippen LogP contribution is -2.38. The van der Waals surface area contributed by atoms with Gasteiger partial charge in [0.2, 0.25) is 0 Å². The molecule has 5 nitrogen and oxygen atoms in total. The monoisotopic (exact) mass is 329 g/mol. The lowest BCUT2D eigenvalue weighted by Gasteiger charge is -2.21. The van der Waals surface area contributed by atoms with Crippen molar-refractivity contribution in [2.45, 2.75) is 50.7 Å². The fraction of sp³-hybridized carbons (Fsp3) is 0.625. The van der Waals surface area contributed by atoms with Crippen LogP contribution in [0.3, 0.4) is 0 Å². The van der Waals surface area contributed by atoms with Crippen molar-refractivity contribution in [2.24, 2.45) is 11.7 Å². The van der Waals surface area contributed by atoms with Crippen LogP contribution in [-0.4, -0.2) is 42.0 Å². The molecule has 0 aliphatic heterocycles. The van der Waals surface area contributed by atoms with Gasteiger partial charge in [-0.05, 0) is 24.3 Å². The summed E-state index contributed by atoms with van der Waals surface area (Å²) >= 11 is 0. The molecule has 1 rings (SSSR count). The van der Waals surface area contributed by atoms with E-state index in [9.17, 15) is 18.6 Å². The van der Waals surface area contributed by atoms with Crippen molar-refractivity contribution in [3.05, 3.63) is 35.9 Å². The molecule has 6 heteroatoms. The maximum atomic E-state index is 12.1. The number of sulfone groups is 1. The van der Waals surface area contributed by atoms with Gasteiger partial charge in [-0.2, -0.15) is 0 Å². The topological polar surface area (TPSA) is 101 Å². The molecule has 0 aliphatic carbocycles. The first-order valence-electron chi connectivity index (χ1n) is 7.59. The maximum Gasteiger partial charge on any atom is 0.177 e. The van der Waals surface area contributed by atoms with Gasteiger partial charge in [0.05, 0.1) is 11.9 Å². The maximum absolute atomic E-state index is 12.1. The van der Waals surface area contributed by atoms with Gasteiger partial charge >= 0.3 is 0 Å². The number of aliphatic hydroxyl groups is 2. The summed E-state index contributed by atoms with van der Waals surface area (Å²) in [7, 11) is -3.68. The zero-order valence-electron chi connectivity index (χ0n) is 13.2. The highest BCUT2D eigenvalue weighted by atomic mass is 32.2. The molecule has 4 N–H and O–H groups in total. The van der Waals surface area contributed by atoms with Crippen molar-refractivity contribution >= 4 is 9.84 Å². The standard InChI is InChI=1S/C16H27NO4S/c1-12(2)10-14(17)15(18)8-9-22(20,21)16(19)11-13-6-4-3-5-7-13/h3-7,12,14-16,18-19H,8-11,17H2,1-2H3. The zero-order chi connectivity index (χ0) is 16.8. The van der Waals surface area contributed by atoms with Crippen molar-refractivity contribution in [1.29, 1.82) is 0 Å². The smallest absolute Gasteiger partial charge is 0.177 e. The first-order valence-corrected chi connectivity index (χ1v) is 9.31. The Kier molecular flexibility index (Phi) is 7.48. The molecule has 0 spiro atoms. The molecule has 3 unspecified atom stereocenters. The molecule has 22 heavy (non-hydrogen) atoms. The van der Waals surface area contributed by atoms with Crippen molar-refractivity contribution in [2.75, 3.05) is 5.75 Å². The average molecular weight is 329 g/mol. The fourth-order valence-electron chi connectivity index (χ4n) is 2.28. The quantitative estimate of drug-likeness (QED) is 0.629. The van der Waals surface area contributed by atoms with E-state index < -0.39 is 27.4 Å². The van der Waals surface area contributed by atoms with E-state index in [0.717, 1.165) is 5.56 Å². The van der Waals surface area contributed by atoms with E-state index in [2.05, 4.69) is 0 Å². The van der Waals surface area contributed by atoms with E-state index in [-0.39, 0.29) is 18.6 Å². The Morgan fingerprint density at radius 1 is 1.14 bits per heavy atom. The van der Waals surface area contributed by atoms with Crippen LogP contribution >= 0.6 is 0 Å². The third-order valence-corrected chi connectivity index (χ3v) is 5.40. The van der Waals surface area contributed by atoms with Gasteiger partial charge in [0.1, 0.15) is 0 Å². The van der Waals surface area contributed by atoms with Crippen molar-refractivity contribution < 1.29 is 18.6 Å². The summed E-state index contributed by atoms with van der Waals surface area (Å²) in [6.45, 7) is 3.99. The van der Waals surface area contributed by atoms with Crippen LogP contribution in [-0.2, 0) is 16.3 Å². The van der Waals surface area contributed by atoms with Crippen molar-refractivity contribution in [3.63, 3.8) is 0 Å². The fourth-order valence-corrected chi connectivity index (χ4v) is 3.57. The van der Waals surface area contributed by atoms with Crippen LogP contribution < -0.4 is 5.73 Å². The number of hydrogen-bond donors (Lipinski definition) is 3. The van der Waals surface area contributed by atoms with Gasteiger partial charge in [-0.3, -0.25) is 0 Å². The summed E-state index contributed by atoms with van der Waals surface area (Å²) in [4.78, 5) is 0. The third kappa shape index (κ3) is 6.44. The molecule has 0 aromatic heterocycles. The highest BCUT2D eigenvalue weighted by Gasteiger charge is 2.25. The molecule has 0 amide bonds. The van der Waals surface area contributed by atoms with Crippen LogP contribution in [0.25, 0.3) is 0 Å². The van der Waals surface area contributed by atoms with E-state index in [1.165, 1.54) is 0 Å². The summed E-state index contributed by atoms with van der Waals surface area (Å²) in [6.07, 6.45) is -0.145. The zero-order valence-corrected chi connectivity index (χ0v) is 14.0. The summed E-state index contributed by atoms with van der Waals surface area (Å²) in [5.41, 5.74) is 5.14. The highest BCUT2D eigenvalue weighted by Crippen LogP contribution is 2.13. The molecule has 0 radical (unpaired) electrons. The Labute approximate surface area is 133 Å². The van der Waals surface area contributed by atoms with Crippen LogP contribution in [0.15, 0.2) is 30.3 Å². The van der Waals surface area contributed by atoms with Gasteiger partial charge in [0.15, 0.2) is 15.3 Å². The van der Waals surface area contributed by atoms with E-state index in [1.807, 2.05) is 19.9 Å². The van der Waals surface area contributed by atoms with E-state index >= 15 is 0 Å². The minimum Gasteiger partial charge on any atom is -0.391 e. The number of nitrogens with two attached hydrogens (primary N) is 1. The summed E-state index contributed by atoms with van der Waals surface area (Å²) in [6, 6.07) is 8.52. The second kappa shape index (κ2) is 8.62. The number of hydrogen-bond acceptors (Lipinski definition) is 5. The number of aliphatic hydroxyl groups excluding tert-OH is 2. The van der Waals surface area contributed by atoms with Gasteiger partial charge in [-0.25, -0.2) is 8.42 Å². The molecule has 0 saturated carbocycles. The van der Waals surface area contributed by atoms with Gasteiger partial charge in [0.25, 0.3) is 0 Å². The lowest BCUT2D eigenvalue weighted by molar-refractivity contribution is 0.130. The predicted molar refractivity (Wildman–Crippen MR) is 88.0 cm³/mol. The van der Waals surface area contributed by atoms with Gasteiger partial charge in [-0.1, -0.05) is 44.2 Å². The minimum absolute atomic E-state index is 0.0437. The van der Waals surface area contributed by atoms with Crippen LogP contribution in [0.4, 0.5) is 0 Å². The molecule has 0 saturated heterocycles. The molecule has 1 aromatic carbocycles. The molecule has 1 aromatic rings. The Morgan fingerprint density at radius 3 is 2.27 bits per heavy atom. The Morgan fingerprint density at radius 2 is 1.73 bits per heavy atom. The molecule has 0 fully saturated rings. The van der Waals surface area contributed by atoms with E-state index in [0.29, 0.717) is 12.3 Å². The largest absolute Gasteiger partial charge is 0.391 e. The Hall–Kier alpha value is -0.950. The van der Waals surface area contributed by atoms with Crippen molar-refractivity contribution in [3.8, 4) is 0 Å². The first-order chi connectivity index (χ1) is 10.2. The van der Waals surface area contributed by atoms with Crippen LogP contribution in [0, 0.1) is 5.92 Å². The summed E-state index contributed by atoms with van der Waals surface area (Å²) in [5.74, 6) is 0.0680. The third-order valence-electron chi connectivity index (χ3n) is 3.60. The molecular formula is C16H27NO4S. The molecule has 126 valence electrons. The van der Waals surface area contributed by atoms with Crippen LogP contribution in [0.2, 0.25) is 0 Å². The van der Waals surface area contributed by atoms with Gasteiger partial charge in [-0.15, -0.1) is 0 Å². The molecule has 0 bridgehead atoms. The summed E-state index contributed by atoms with van der Waals surface area (Å²) < 4.78 is 24.2.